The van der Waals surface area contributed by atoms with E-state index in [4.69, 9.17) is 0 Å². The summed E-state index contributed by atoms with van der Waals surface area (Å²) in [6, 6.07) is 14.8. The summed E-state index contributed by atoms with van der Waals surface area (Å²) in [4.78, 5) is 37.4. The van der Waals surface area contributed by atoms with Crippen LogP contribution in [0.5, 0.6) is 0 Å². The van der Waals surface area contributed by atoms with Crippen molar-refractivity contribution < 1.29 is 9.59 Å². The van der Waals surface area contributed by atoms with Crippen LogP contribution in [0.15, 0.2) is 48.7 Å². The molecule has 2 aromatic rings. The topological polar surface area (TPSA) is 56.8 Å². The van der Waals surface area contributed by atoms with Crippen LogP contribution >= 0.6 is 0 Å². The molecule has 0 bridgehead atoms. The molecule has 3 fully saturated rings. The number of amides is 2. The Kier molecular flexibility index (Phi) is 6.90. The lowest BCUT2D eigenvalue weighted by Crippen LogP contribution is -2.56. The fraction of sp³-hybridized carbons (Fsp3) is 0.567. The highest BCUT2D eigenvalue weighted by Gasteiger charge is 2.55. The van der Waals surface area contributed by atoms with E-state index in [1.807, 2.05) is 24.0 Å². The smallest absolute Gasteiger partial charge is 0.317 e. The highest BCUT2D eigenvalue weighted by atomic mass is 16.2. The van der Waals surface area contributed by atoms with Crippen LogP contribution in [0.2, 0.25) is 0 Å². The lowest BCUT2D eigenvalue weighted by molar-refractivity contribution is -0.119. The summed E-state index contributed by atoms with van der Waals surface area (Å²) >= 11 is 0. The number of nitrogens with zero attached hydrogens (tertiary/aromatic N) is 4. The molecule has 0 radical (unpaired) electrons. The van der Waals surface area contributed by atoms with Gasteiger partial charge in [-0.25, -0.2) is 4.79 Å². The van der Waals surface area contributed by atoms with Crippen molar-refractivity contribution in [3.8, 4) is 0 Å². The van der Waals surface area contributed by atoms with E-state index in [-0.39, 0.29) is 29.4 Å². The molecule has 2 saturated carbocycles. The van der Waals surface area contributed by atoms with Gasteiger partial charge in [-0.1, -0.05) is 36.8 Å². The van der Waals surface area contributed by atoms with Crippen LogP contribution < -0.4 is 0 Å². The van der Waals surface area contributed by atoms with E-state index in [0.717, 1.165) is 43.5 Å². The number of hydrogen-bond acceptors (Lipinski definition) is 4. The van der Waals surface area contributed by atoms with Crippen molar-refractivity contribution in [3.05, 3.63) is 65.5 Å². The molecule has 192 valence electrons. The molecule has 0 unspecified atom stereocenters. The van der Waals surface area contributed by atoms with E-state index in [9.17, 15) is 9.59 Å². The van der Waals surface area contributed by atoms with Crippen LogP contribution in [-0.4, -0.2) is 70.8 Å². The number of rotatable bonds is 8. The summed E-state index contributed by atoms with van der Waals surface area (Å²) in [7, 11) is 4.37. The Bertz CT molecular complexity index is 1090. The fourth-order valence-electron chi connectivity index (χ4n) is 6.72. The Labute approximate surface area is 215 Å². The van der Waals surface area contributed by atoms with Crippen molar-refractivity contribution in [2.45, 2.75) is 69.4 Å². The first kappa shape index (κ1) is 24.9. The first-order valence-electron chi connectivity index (χ1n) is 13.5. The molecular formula is C30H40N4O2. The molecular weight excluding hydrogens is 448 g/mol. The summed E-state index contributed by atoms with van der Waals surface area (Å²) in [5, 5.41) is 0. The zero-order valence-electron chi connectivity index (χ0n) is 22.1. The molecule has 36 heavy (non-hydrogen) atoms. The van der Waals surface area contributed by atoms with Gasteiger partial charge in [-0.3, -0.25) is 14.7 Å². The van der Waals surface area contributed by atoms with E-state index < -0.39 is 0 Å². The van der Waals surface area contributed by atoms with Crippen molar-refractivity contribution >= 4 is 11.8 Å². The van der Waals surface area contributed by atoms with Crippen molar-refractivity contribution in [3.63, 3.8) is 0 Å². The molecule has 1 aromatic carbocycles. The zero-order valence-corrected chi connectivity index (χ0v) is 22.1. The van der Waals surface area contributed by atoms with Gasteiger partial charge in [0.05, 0.1) is 12.1 Å². The third kappa shape index (κ3) is 4.68. The van der Waals surface area contributed by atoms with Crippen LogP contribution in [0.4, 0.5) is 4.79 Å². The summed E-state index contributed by atoms with van der Waals surface area (Å²) in [6.45, 7) is 3.64. The number of ketones is 1. The Morgan fingerprint density at radius 2 is 1.81 bits per heavy atom. The minimum absolute atomic E-state index is 0.0137. The molecule has 1 aromatic heterocycles. The van der Waals surface area contributed by atoms with Crippen molar-refractivity contribution in [2.75, 3.05) is 33.7 Å². The maximum Gasteiger partial charge on any atom is 0.321 e. The van der Waals surface area contributed by atoms with Gasteiger partial charge < -0.3 is 9.80 Å². The Balaban J connectivity index is 1.34. The van der Waals surface area contributed by atoms with E-state index in [1.54, 1.807) is 6.20 Å². The number of aryl methyl sites for hydroxylation is 1. The van der Waals surface area contributed by atoms with Crippen molar-refractivity contribution in [2.24, 2.45) is 5.92 Å². The van der Waals surface area contributed by atoms with Gasteiger partial charge in [0.25, 0.3) is 0 Å². The number of hydrogen-bond donors (Lipinski definition) is 0. The van der Waals surface area contributed by atoms with Crippen LogP contribution in [0.1, 0.15) is 61.8 Å². The van der Waals surface area contributed by atoms with Crippen molar-refractivity contribution in [1.82, 2.24) is 19.7 Å². The highest BCUT2D eigenvalue weighted by Crippen LogP contribution is 2.49. The Morgan fingerprint density at radius 1 is 1.08 bits per heavy atom. The van der Waals surface area contributed by atoms with E-state index in [2.05, 4.69) is 59.2 Å². The van der Waals surface area contributed by atoms with Gasteiger partial charge in [-0.2, -0.15) is 0 Å². The minimum atomic E-state index is -0.172. The SMILES string of the molecule is Cc1cc(CC(=O)CN2CC3(CCC(c4ccccc4)(N(C)C)CC3)N(CC3CCC3)C2=O)ccn1. The monoisotopic (exact) mass is 488 g/mol. The molecule has 2 aliphatic carbocycles. The summed E-state index contributed by atoms with van der Waals surface area (Å²) < 4.78 is 0. The molecule has 1 spiro atoms. The number of urea groups is 1. The first-order chi connectivity index (χ1) is 17.3. The maximum absolute atomic E-state index is 13.7. The zero-order chi connectivity index (χ0) is 25.3. The van der Waals surface area contributed by atoms with Gasteiger partial charge in [0.2, 0.25) is 0 Å². The van der Waals surface area contributed by atoms with Crippen molar-refractivity contribution in [1.29, 1.82) is 0 Å². The van der Waals surface area contributed by atoms with Gasteiger partial charge in [-0.05, 0) is 88.7 Å². The summed E-state index contributed by atoms with van der Waals surface area (Å²) in [6.07, 6.45) is 9.75. The van der Waals surface area contributed by atoms with Gasteiger partial charge >= 0.3 is 6.03 Å². The molecule has 0 N–H and O–H groups in total. The first-order valence-corrected chi connectivity index (χ1v) is 13.5. The standard InChI is InChI=1S/C30H40N4O2/c1-23-18-25(12-17-31-23)19-27(35)21-33-22-29(34(28(33)36)20-24-8-7-9-24)13-15-30(16-14-29,32(2)3)26-10-5-4-6-11-26/h4-6,10-12,17-18,24H,7-9,13-16,19-22H2,1-3H3. The van der Waals surface area contributed by atoms with Gasteiger partial charge in [0.1, 0.15) is 0 Å². The van der Waals surface area contributed by atoms with Crippen LogP contribution in [0.3, 0.4) is 0 Å². The summed E-state index contributed by atoms with van der Waals surface area (Å²) in [5.41, 5.74) is 3.05. The second kappa shape index (κ2) is 9.97. The van der Waals surface area contributed by atoms with Gasteiger partial charge in [0.15, 0.2) is 5.78 Å². The number of carbonyl (C=O) groups is 2. The molecule has 0 atom stereocenters. The summed E-state index contributed by atoms with van der Waals surface area (Å²) in [5.74, 6) is 0.702. The Morgan fingerprint density at radius 3 is 2.42 bits per heavy atom. The van der Waals surface area contributed by atoms with Crippen LogP contribution in [0.25, 0.3) is 0 Å². The van der Waals surface area contributed by atoms with E-state index in [0.29, 0.717) is 18.9 Å². The predicted molar refractivity (Wildman–Crippen MR) is 142 cm³/mol. The number of benzene rings is 1. The quantitative estimate of drug-likeness (QED) is 0.535. The maximum atomic E-state index is 13.7. The minimum Gasteiger partial charge on any atom is -0.317 e. The number of carbonyl (C=O) groups excluding carboxylic acids is 2. The average molecular weight is 489 g/mol. The number of pyridine rings is 1. The lowest BCUT2D eigenvalue weighted by atomic mass is 9.68. The predicted octanol–water partition coefficient (Wildman–Crippen LogP) is 4.81. The largest absolute Gasteiger partial charge is 0.321 e. The van der Waals surface area contributed by atoms with Gasteiger partial charge in [0, 0.05) is 36.9 Å². The van der Waals surface area contributed by atoms with Crippen LogP contribution in [0, 0.1) is 12.8 Å². The molecule has 6 heteroatoms. The fourth-order valence-corrected chi connectivity index (χ4v) is 6.72. The Hall–Kier alpha value is -2.73. The third-order valence-corrected chi connectivity index (χ3v) is 9.13. The molecule has 1 saturated heterocycles. The average Bonchev–Trinajstić information content (AvgIpc) is 3.07. The van der Waals surface area contributed by atoms with Crippen LogP contribution in [-0.2, 0) is 16.8 Å². The third-order valence-electron chi connectivity index (χ3n) is 9.13. The molecule has 3 aliphatic rings. The lowest BCUT2D eigenvalue weighted by Gasteiger charge is -2.51. The molecule has 5 rings (SSSR count). The van der Waals surface area contributed by atoms with E-state index >= 15 is 0 Å². The molecule has 6 nitrogen and oxygen atoms in total. The normalized spacial score (nSPS) is 26.6. The second-order valence-corrected chi connectivity index (χ2v) is 11.6. The molecule has 2 amide bonds. The molecule has 2 heterocycles. The number of aromatic nitrogens is 1. The highest BCUT2D eigenvalue weighted by molar-refractivity contribution is 5.88. The number of Topliss-reactive ketones (excluding diaryl/α,β-unsaturated/α-hetero) is 1. The second-order valence-electron chi connectivity index (χ2n) is 11.6. The van der Waals surface area contributed by atoms with E-state index in [1.165, 1.54) is 24.8 Å². The van der Waals surface area contributed by atoms with Gasteiger partial charge in [-0.15, -0.1) is 0 Å². The molecule has 1 aliphatic heterocycles.